The van der Waals surface area contributed by atoms with Crippen molar-refractivity contribution in [1.29, 1.82) is 0 Å². The number of hydrogen-bond donors (Lipinski definition) is 2. The molecule has 0 saturated heterocycles. The van der Waals surface area contributed by atoms with E-state index in [-0.39, 0.29) is 6.04 Å². The quantitative estimate of drug-likeness (QED) is 0.336. The van der Waals surface area contributed by atoms with Gasteiger partial charge in [-0.3, -0.25) is 4.99 Å². The summed E-state index contributed by atoms with van der Waals surface area (Å²) in [6.07, 6.45) is 6.29. The maximum Gasteiger partial charge on any atom is 0.191 e. The maximum atomic E-state index is 5.64. The third-order valence-corrected chi connectivity index (χ3v) is 6.08. The van der Waals surface area contributed by atoms with Crippen molar-refractivity contribution in [3.8, 4) is 5.75 Å². The third-order valence-electron chi connectivity index (χ3n) is 6.08. The normalized spacial score (nSPS) is 17.4. The number of para-hydroxylation sites is 1. The van der Waals surface area contributed by atoms with Gasteiger partial charge in [-0.25, -0.2) is 0 Å². The molecule has 2 rings (SSSR count). The number of aliphatic imine (C=N–C) groups is 1. The highest BCUT2D eigenvalue weighted by atomic mass is 16.5. The van der Waals surface area contributed by atoms with Crippen LogP contribution < -0.4 is 15.4 Å². The van der Waals surface area contributed by atoms with Crippen molar-refractivity contribution in [2.24, 2.45) is 10.4 Å². The van der Waals surface area contributed by atoms with E-state index in [4.69, 9.17) is 9.47 Å². The molecule has 2 N–H and O–H groups in total. The van der Waals surface area contributed by atoms with Crippen LogP contribution in [0.15, 0.2) is 29.3 Å². The molecule has 1 unspecified atom stereocenters. The molecule has 0 heterocycles. The standard InChI is InChI=1S/C23H40N4O2/c1-6-29-16-15-23(13-9-10-14-23)18-26-22(24-2)25-17-20(27(3)4)19-11-7-8-12-21(19)28-5/h7-8,11-12,20H,6,9-10,13-18H2,1-5H3,(H2,24,25,26). The van der Waals surface area contributed by atoms with E-state index in [2.05, 4.69) is 53.7 Å². The molecule has 0 amide bonds. The molecule has 1 saturated carbocycles. The van der Waals surface area contributed by atoms with Crippen molar-refractivity contribution < 1.29 is 9.47 Å². The monoisotopic (exact) mass is 404 g/mol. The van der Waals surface area contributed by atoms with Crippen LogP contribution in [0.3, 0.4) is 0 Å². The average molecular weight is 405 g/mol. The summed E-state index contributed by atoms with van der Waals surface area (Å²) in [5, 5.41) is 7.11. The van der Waals surface area contributed by atoms with Crippen LogP contribution in [0.5, 0.6) is 5.75 Å². The summed E-state index contributed by atoms with van der Waals surface area (Å²) in [4.78, 5) is 6.66. The number of benzene rings is 1. The Morgan fingerprint density at radius 3 is 2.55 bits per heavy atom. The van der Waals surface area contributed by atoms with Crippen molar-refractivity contribution in [2.75, 3.05) is 54.6 Å². The van der Waals surface area contributed by atoms with Gasteiger partial charge in [-0.05, 0) is 51.8 Å². The minimum Gasteiger partial charge on any atom is -0.496 e. The zero-order valence-electron chi connectivity index (χ0n) is 19.0. The molecule has 1 fully saturated rings. The Morgan fingerprint density at radius 2 is 1.93 bits per heavy atom. The summed E-state index contributed by atoms with van der Waals surface area (Å²) in [6.45, 7) is 5.40. The molecule has 0 spiro atoms. The predicted molar refractivity (Wildman–Crippen MR) is 121 cm³/mol. The van der Waals surface area contributed by atoms with Crippen LogP contribution in [-0.2, 0) is 4.74 Å². The van der Waals surface area contributed by atoms with E-state index in [0.717, 1.165) is 44.4 Å². The van der Waals surface area contributed by atoms with Gasteiger partial charge in [0.15, 0.2) is 5.96 Å². The van der Waals surface area contributed by atoms with Crippen molar-refractivity contribution >= 4 is 5.96 Å². The second-order valence-corrected chi connectivity index (χ2v) is 8.18. The van der Waals surface area contributed by atoms with Crippen molar-refractivity contribution in [3.05, 3.63) is 29.8 Å². The number of nitrogens with one attached hydrogen (secondary N) is 2. The van der Waals surface area contributed by atoms with Gasteiger partial charge in [-0.15, -0.1) is 0 Å². The van der Waals surface area contributed by atoms with Gasteiger partial charge in [-0.2, -0.15) is 0 Å². The fraction of sp³-hybridized carbons (Fsp3) is 0.696. The fourth-order valence-corrected chi connectivity index (χ4v) is 4.27. The summed E-state index contributed by atoms with van der Waals surface area (Å²) >= 11 is 0. The number of rotatable bonds is 11. The van der Waals surface area contributed by atoms with E-state index < -0.39 is 0 Å². The Hall–Kier alpha value is -1.79. The zero-order valence-corrected chi connectivity index (χ0v) is 19.0. The highest BCUT2D eigenvalue weighted by molar-refractivity contribution is 5.79. The van der Waals surface area contributed by atoms with Gasteiger partial charge in [-0.1, -0.05) is 31.0 Å². The lowest BCUT2D eigenvalue weighted by atomic mass is 9.83. The Balaban J connectivity index is 1.96. The van der Waals surface area contributed by atoms with Crippen molar-refractivity contribution in [1.82, 2.24) is 15.5 Å². The summed E-state index contributed by atoms with van der Waals surface area (Å²) in [7, 11) is 7.75. The van der Waals surface area contributed by atoms with E-state index in [1.165, 1.54) is 31.2 Å². The maximum absolute atomic E-state index is 5.64. The first kappa shape index (κ1) is 23.5. The van der Waals surface area contributed by atoms with Crippen molar-refractivity contribution in [2.45, 2.75) is 45.1 Å². The molecule has 1 aromatic carbocycles. The molecule has 1 atom stereocenters. The van der Waals surface area contributed by atoms with Gasteiger partial charge in [0.1, 0.15) is 5.75 Å². The first-order valence-corrected chi connectivity index (χ1v) is 10.9. The highest BCUT2D eigenvalue weighted by Gasteiger charge is 2.33. The van der Waals surface area contributed by atoms with E-state index >= 15 is 0 Å². The molecule has 0 aromatic heterocycles. The number of methoxy groups -OCH3 is 1. The first-order chi connectivity index (χ1) is 14.0. The Bertz CT molecular complexity index is 627. The van der Waals surface area contributed by atoms with E-state index in [9.17, 15) is 0 Å². The number of hydrogen-bond acceptors (Lipinski definition) is 4. The van der Waals surface area contributed by atoms with E-state index in [1.54, 1.807) is 7.11 Å². The Labute approximate surface area is 177 Å². The lowest BCUT2D eigenvalue weighted by Crippen LogP contribution is -2.45. The SMILES string of the molecule is CCOCCC1(CNC(=NC)NCC(c2ccccc2OC)N(C)C)CCCC1. The van der Waals surface area contributed by atoms with Crippen molar-refractivity contribution in [3.63, 3.8) is 0 Å². The van der Waals surface area contributed by atoms with Gasteiger partial charge >= 0.3 is 0 Å². The van der Waals surface area contributed by atoms with Crippen LogP contribution in [0.2, 0.25) is 0 Å². The summed E-state index contributed by atoms with van der Waals surface area (Å²) in [5.41, 5.74) is 1.50. The third kappa shape index (κ3) is 6.89. The van der Waals surface area contributed by atoms with Gasteiger partial charge in [0.2, 0.25) is 0 Å². The predicted octanol–water partition coefficient (Wildman–Crippen LogP) is 3.45. The van der Waals surface area contributed by atoms with Crippen LogP contribution in [0, 0.1) is 5.41 Å². The van der Waals surface area contributed by atoms with E-state index in [1.807, 2.05) is 19.2 Å². The topological polar surface area (TPSA) is 58.1 Å². The van der Waals surface area contributed by atoms with Gasteiger partial charge in [0.05, 0.1) is 13.2 Å². The molecule has 0 aliphatic heterocycles. The van der Waals surface area contributed by atoms with Crippen LogP contribution in [-0.4, -0.2) is 65.4 Å². The van der Waals surface area contributed by atoms with Gasteiger partial charge < -0.3 is 25.0 Å². The van der Waals surface area contributed by atoms with Crippen LogP contribution in [0.4, 0.5) is 0 Å². The number of guanidine groups is 1. The summed E-state index contributed by atoms with van der Waals surface area (Å²) in [6, 6.07) is 8.39. The minimum atomic E-state index is 0.183. The highest BCUT2D eigenvalue weighted by Crippen LogP contribution is 2.40. The zero-order chi connectivity index (χ0) is 21.1. The largest absolute Gasteiger partial charge is 0.496 e. The minimum absolute atomic E-state index is 0.183. The molecular formula is C23H40N4O2. The van der Waals surface area contributed by atoms with Crippen LogP contribution in [0.25, 0.3) is 0 Å². The molecule has 0 bridgehead atoms. The molecule has 1 aliphatic carbocycles. The number of ether oxygens (including phenoxy) is 2. The summed E-state index contributed by atoms with van der Waals surface area (Å²) < 4.78 is 11.2. The fourth-order valence-electron chi connectivity index (χ4n) is 4.27. The van der Waals surface area contributed by atoms with Crippen LogP contribution >= 0.6 is 0 Å². The first-order valence-electron chi connectivity index (χ1n) is 10.9. The Morgan fingerprint density at radius 1 is 1.21 bits per heavy atom. The van der Waals surface area contributed by atoms with Gasteiger partial charge in [0, 0.05) is 38.9 Å². The molecule has 29 heavy (non-hydrogen) atoms. The molecule has 1 aliphatic rings. The second kappa shape index (κ2) is 12.0. The molecule has 0 radical (unpaired) electrons. The molecule has 164 valence electrons. The van der Waals surface area contributed by atoms with Gasteiger partial charge in [0.25, 0.3) is 0 Å². The number of likely N-dealkylation sites (N-methyl/N-ethyl adjacent to an activating group) is 1. The lowest BCUT2D eigenvalue weighted by molar-refractivity contribution is 0.105. The van der Waals surface area contributed by atoms with Crippen LogP contribution in [0.1, 0.15) is 50.6 Å². The number of nitrogens with zero attached hydrogens (tertiary/aromatic N) is 2. The smallest absolute Gasteiger partial charge is 0.191 e. The van der Waals surface area contributed by atoms with E-state index in [0.29, 0.717) is 5.41 Å². The summed E-state index contributed by atoms with van der Waals surface area (Å²) in [5.74, 6) is 1.77. The molecule has 6 nitrogen and oxygen atoms in total. The Kier molecular flexibility index (Phi) is 9.74. The molecule has 6 heteroatoms. The molecular weight excluding hydrogens is 364 g/mol. The lowest BCUT2D eigenvalue weighted by Gasteiger charge is -2.31. The average Bonchev–Trinajstić information content (AvgIpc) is 3.19. The molecule has 1 aromatic rings. The second-order valence-electron chi connectivity index (χ2n) is 8.18.